The van der Waals surface area contributed by atoms with Gasteiger partial charge in [0.1, 0.15) is 0 Å². The Morgan fingerprint density at radius 1 is 0.818 bits per heavy atom. The van der Waals surface area contributed by atoms with E-state index in [1.165, 1.54) is 15.9 Å². The summed E-state index contributed by atoms with van der Waals surface area (Å²) in [5, 5.41) is 12.8. The first-order valence-electron chi connectivity index (χ1n) is 11.9. The lowest BCUT2D eigenvalue weighted by atomic mass is 9.68. The van der Waals surface area contributed by atoms with Crippen molar-refractivity contribution in [1.82, 2.24) is 0 Å². The number of aliphatic hydroxyl groups excluding tert-OH is 1. The highest BCUT2D eigenvalue weighted by molar-refractivity contribution is 6.99. The maximum absolute atomic E-state index is 10.4. The number of rotatable bonds is 9. The third-order valence-corrected chi connectivity index (χ3v) is 12.0. The summed E-state index contributed by atoms with van der Waals surface area (Å²) in [6.45, 7) is 8.15. The van der Waals surface area contributed by atoms with Crippen molar-refractivity contribution in [2.45, 2.75) is 51.4 Å². The first-order valence-corrected chi connectivity index (χ1v) is 13.8. The van der Waals surface area contributed by atoms with Crippen LogP contribution in [0.3, 0.4) is 0 Å². The molecule has 1 fully saturated rings. The van der Waals surface area contributed by atoms with Gasteiger partial charge >= 0.3 is 0 Å². The molecule has 0 spiro atoms. The second-order valence-electron chi connectivity index (χ2n) is 10.4. The summed E-state index contributed by atoms with van der Waals surface area (Å²) in [5.41, 5.74) is 0.941. The molecular weight excluding hydrogens is 424 g/mol. The fraction of sp³-hybridized carbons (Fsp3) is 0.379. The summed E-state index contributed by atoms with van der Waals surface area (Å²) in [4.78, 5) is 0. The third-order valence-electron chi connectivity index (χ3n) is 7.00. The van der Waals surface area contributed by atoms with Crippen LogP contribution in [0.1, 0.15) is 39.2 Å². The summed E-state index contributed by atoms with van der Waals surface area (Å²) in [6, 6.07) is 31.7. The van der Waals surface area contributed by atoms with E-state index < -0.39 is 8.32 Å². The second kappa shape index (κ2) is 9.94. The summed E-state index contributed by atoms with van der Waals surface area (Å²) >= 11 is 0. The van der Waals surface area contributed by atoms with E-state index in [2.05, 4.69) is 93.6 Å². The Morgan fingerprint density at radius 3 is 1.76 bits per heavy atom. The lowest BCUT2D eigenvalue weighted by Gasteiger charge is -2.50. The normalized spacial score (nSPS) is 20.9. The molecule has 1 aliphatic carbocycles. The monoisotopic (exact) mass is 460 g/mol. The zero-order chi connectivity index (χ0) is 23.4. The zero-order valence-corrected chi connectivity index (χ0v) is 21.0. The predicted octanol–water partition coefficient (Wildman–Crippen LogP) is 4.92. The molecule has 0 aromatic heterocycles. The average Bonchev–Trinajstić information content (AvgIpc) is 2.81. The molecule has 174 valence electrons. The topological polar surface area (TPSA) is 38.7 Å². The van der Waals surface area contributed by atoms with Gasteiger partial charge in [0, 0.05) is 12.0 Å². The first kappa shape index (κ1) is 23.9. The van der Waals surface area contributed by atoms with E-state index in [9.17, 15) is 5.11 Å². The number of hydrogen-bond donors (Lipinski definition) is 1. The third kappa shape index (κ3) is 4.99. The molecule has 0 saturated heterocycles. The molecule has 0 bridgehead atoms. The van der Waals surface area contributed by atoms with Crippen LogP contribution in [-0.4, -0.2) is 32.7 Å². The molecule has 33 heavy (non-hydrogen) atoms. The van der Waals surface area contributed by atoms with Crippen molar-refractivity contribution in [2.24, 2.45) is 5.41 Å². The van der Waals surface area contributed by atoms with Crippen LogP contribution in [-0.2, 0) is 15.8 Å². The van der Waals surface area contributed by atoms with Crippen molar-refractivity contribution in [3.8, 4) is 0 Å². The molecule has 1 N–H and O–H groups in total. The zero-order valence-electron chi connectivity index (χ0n) is 20.0. The summed E-state index contributed by atoms with van der Waals surface area (Å²) in [5.74, 6) is 0. The molecular formula is C29H36O3Si. The maximum atomic E-state index is 10.4. The molecule has 1 saturated carbocycles. The van der Waals surface area contributed by atoms with Crippen molar-refractivity contribution >= 4 is 18.7 Å². The van der Waals surface area contributed by atoms with E-state index >= 15 is 0 Å². The van der Waals surface area contributed by atoms with Crippen molar-refractivity contribution in [1.29, 1.82) is 0 Å². The predicted molar refractivity (Wildman–Crippen MR) is 137 cm³/mol. The highest BCUT2D eigenvalue weighted by atomic mass is 28.4. The number of hydrogen-bond acceptors (Lipinski definition) is 3. The van der Waals surface area contributed by atoms with Crippen molar-refractivity contribution in [3.63, 3.8) is 0 Å². The number of aliphatic hydroxyl groups is 1. The average molecular weight is 461 g/mol. The quantitative estimate of drug-likeness (QED) is 0.461. The molecule has 1 aliphatic rings. The highest BCUT2D eigenvalue weighted by Crippen LogP contribution is 2.45. The van der Waals surface area contributed by atoms with Gasteiger partial charge in [0.15, 0.2) is 0 Å². The first-order chi connectivity index (χ1) is 15.9. The molecule has 0 atom stereocenters. The molecule has 0 aliphatic heterocycles. The van der Waals surface area contributed by atoms with E-state index in [1.807, 2.05) is 18.2 Å². The lowest BCUT2D eigenvalue weighted by Crippen LogP contribution is -2.68. The fourth-order valence-electron chi connectivity index (χ4n) is 5.13. The summed E-state index contributed by atoms with van der Waals surface area (Å²) in [6.07, 6.45) is 1.82. The van der Waals surface area contributed by atoms with Gasteiger partial charge < -0.3 is 14.3 Å². The Labute approximate surface area is 199 Å². The van der Waals surface area contributed by atoms with E-state index in [4.69, 9.17) is 9.16 Å². The van der Waals surface area contributed by atoms with Crippen LogP contribution in [0, 0.1) is 5.41 Å². The Hall–Kier alpha value is -2.24. The van der Waals surface area contributed by atoms with Crippen LogP contribution >= 0.6 is 0 Å². The van der Waals surface area contributed by atoms with Crippen LogP contribution < -0.4 is 10.4 Å². The van der Waals surface area contributed by atoms with Crippen LogP contribution in [0.15, 0.2) is 91.0 Å². The Bertz CT molecular complexity index is 954. The smallest absolute Gasteiger partial charge is 0.261 e. The SMILES string of the molecule is CC(C)(C)[Si](OCC1(CO)CC(OCc2ccccc2)C1)(c1ccccc1)c1ccccc1. The minimum atomic E-state index is -2.60. The lowest BCUT2D eigenvalue weighted by molar-refractivity contribution is -0.124. The molecule has 4 heteroatoms. The summed E-state index contributed by atoms with van der Waals surface area (Å²) < 4.78 is 13.2. The van der Waals surface area contributed by atoms with Crippen LogP contribution in [0.25, 0.3) is 0 Å². The van der Waals surface area contributed by atoms with E-state index in [-0.39, 0.29) is 23.2 Å². The van der Waals surface area contributed by atoms with Gasteiger partial charge in [0.05, 0.1) is 19.3 Å². The molecule has 0 radical (unpaired) electrons. The molecule has 3 nitrogen and oxygen atoms in total. The minimum Gasteiger partial charge on any atom is -0.407 e. The molecule has 3 aromatic rings. The molecule has 3 aromatic carbocycles. The van der Waals surface area contributed by atoms with Gasteiger partial charge in [-0.15, -0.1) is 0 Å². The highest BCUT2D eigenvalue weighted by Gasteiger charge is 2.53. The largest absolute Gasteiger partial charge is 0.407 e. The van der Waals surface area contributed by atoms with Crippen molar-refractivity contribution < 1.29 is 14.3 Å². The van der Waals surface area contributed by atoms with Crippen molar-refractivity contribution in [3.05, 3.63) is 96.6 Å². The summed E-state index contributed by atoms with van der Waals surface area (Å²) in [7, 11) is -2.60. The maximum Gasteiger partial charge on any atom is 0.261 e. The van der Waals surface area contributed by atoms with Gasteiger partial charge in [-0.1, -0.05) is 112 Å². The standard InChI is InChI=1S/C29H36O3Si/c1-28(2,3)33(26-15-9-5-10-16-26,27-17-11-6-12-18-27)32-23-29(22-30)19-25(20-29)31-21-24-13-7-4-8-14-24/h4-18,25,30H,19-23H2,1-3H3. The second-order valence-corrected chi connectivity index (χ2v) is 14.7. The van der Waals surface area contributed by atoms with Crippen LogP contribution in [0.4, 0.5) is 0 Å². The minimum absolute atomic E-state index is 0.0701. The van der Waals surface area contributed by atoms with E-state index in [1.54, 1.807) is 0 Å². The van der Waals surface area contributed by atoms with E-state index in [0.29, 0.717) is 13.2 Å². The molecule has 0 amide bonds. The van der Waals surface area contributed by atoms with Gasteiger partial charge in [-0.3, -0.25) is 0 Å². The number of ether oxygens (including phenoxy) is 1. The Morgan fingerprint density at radius 2 is 1.30 bits per heavy atom. The Balaban J connectivity index is 1.53. The van der Waals surface area contributed by atoms with Gasteiger partial charge in [-0.25, -0.2) is 0 Å². The molecule has 4 rings (SSSR count). The number of benzene rings is 3. The van der Waals surface area contributed by atoms with Gasteiger partial charge in [-0.2, -0.15) is 0 Å². The van der Waals surface area contributed by atoms with Crippen LogP contribution in [0.2, 0.25) is 5.04 Å². The van der Waals surface area contributed by atoms with Gasteiger partial charge in [0.2, 0.25) is 0 Å². The molecule has 0 unspecified atom stereocenters. The molecule has 0 heterocycles. The Kier molecular flexibility index (Phi) is 7.20. The van der Waals surface area contributed by atoms with Crippen molar-refractivity contribution in [2.75, 3.05) is 13.2 Å². The van der Waals surface area contributed by atoms with Gasteiger partial charge in [-0.05, 0) is 33.8 Å². The fourth-order valence-corrected chi connectivity index (χ4v) is 9.81. The van der Waals surface area contributed by atoms with Crippen LogP contribution in [0.5, 0.6) is 0 Å². The van der Waals surface area contributed by atoms with E-state index in [0.717, 1.165) is 12.8 Å². The van der Waals surface area contributed by atoms with Gasteiger partial charge in [0.25, 0.3) is 8.32 Å².